The Bertz CT molecular complexity index is 532. The van der Waals surface area contributed by atoms with Crippen LogP contribution in [-0.2, 0) is 6.42 Å². The molecule has 0 amide bonds. The summed E-state index contributed by atoms with van der Waals surface area (Å²) in [5.41, 5.74) is 1.70. The van der Waals surface area contributed by atoms with Gasteiger partial charge in [-0.3, -0.25) is 0 Å². The highest BCUT2D eigenvalue weighted by molar-refractivity contribution is 6.31. The van der Waals surface area contributed by atoms with Gasteiger partial charge in [-0.15, -0.1) is 0 Å². The number of oxazole rings is 1. The Morgan fingerprint density at radius 2 is 2.17 bits per heavy atom. The van der Waals surface area contributed by atoms with Gasteiger partial charge in [0.25, 0.3) is 0 Å². The van der Waals surface area contributed by atoms with Gasteiger partial charge in [-0.1, -0.05) is 11.6 Å². The van der Waals surface area contributed by atoms with Gasteiger partial charge in [-0.05, 0) is 50.4 Å². The van der Waals surface area contributed by atoms with Crippen molar-refractivity contribution in [2.24, 2.45) is 5.92 Å². The summed E-state index contributed by atoms with van der Waals surface area (Å²) in [5.74, 6) is 1.65. The highest BCUT2D eigenvalue weighted by Gasteiger charge is 2.14. The summed E-state index contributed by atoms with van der Waals surface area (Å²) in [5, 5.41) is 4.08. The summed E-state index contributed by atoms with van der Waals surface area (Å²) < 4.78 is 5.73. The lowest BCUT2D eigenvalue weighted by atomic mass is 9.93. The third-order valence-electron chi connectivity index (χ3n) is 3.62. The van der Waals surface area contributed by atoms with Crippen LogP contribution >= 0.6 is 11.6 Å². The Morgan fingerprint density at radius 1 is 1.33 bits per heavy atom. The van der Waals surface area contributed by atoms with Crippen LogP contribution in [0.3, 0.4) is 0 Å². The van der Waals surface area contributed by atoms with E-state index in [1.807, 2.05) is 18.2 Å². The minimum Gasteiger partial charge on any atom is -0.441 e. The molecule has 18 heavy (non-hydrogen) atoms. The predicted molar refractivity (Wildman–Crippen MR) is 72.9 cm³/mol. The lowest BCUT2D eigenvalue weighted by Gasteiger charge is -2.21. The molecule has 1 aromatic heterocycles. The summed E-state index contributed by atoms with van der Waals surface area (Å²) in [4.78, 5) is 4.50. The van der Waals surface area contributed by atoms with Gasteiger partial charge in [0.1, 0.15) is 5.52 Å². The number of piperidine rings is 1. The number of rotatable bonds is 3. The van der Waals surface area contributed by atoms with Crippen molar-refractivity contribution in [3.63, 3.8) is 0 Å². The van der Waals surface area contributed by atoms with Crippen LogP contribution < -0.4 is 5.32 Å². The topological polar surface area (TPSA) is 38.1 Å². The molecular formula is C14H17ClN2O. The SMILES string of the molecule is Clc1ccc2nc(CCC3CCNCC3)oc2c1. The lowest BCUT2D eigenvalue weighted by Crippen LogP contribution is -2.27. The zero-order chi connectivity index (χ0) is 12.4. The molecule has 0 aliphatic carbocycles. The molecule has 0 bridgehead atoms. The van der Waals surface area contributed by atoms with Crippen molar-refractivity contribution < 1.29 is 4.42 Å². The van der Waals surface area contributed by atoms with Crippen LogP contribution in [0.25, 0.3) is 11.1 Å². The first-order chi connectivity index (χ1) is 8.81. The molecule has 2 heterocycles. The van der Waals surface area contributed by atoms with E-state index >= 15 is 0 Å². The summed E-state index contributed by atoms with van der Waals surface area (Å²) in [6, 6.07) is 5.59. The number of aryl methyl sites for hydroxylation is 1. The number of nitrogens with one attached hydrogen (secondary N) is 1. The standard InChI is InChI=1S/C14H17ClN2O/c15-11-2-3-12-13(9-11)18-14(17-12)4-1-10-5-7-16-8-6-10/h2-3,9-10,16H,1,4-8H2. The molecule has 0 unspecified atom stereocenters. The van der Waals surface area contributed by atoms with E-state index in [0.717, 1.165) is 42.4 Å². The molecule has 3 rings (SSSR count). The van der Waals surface area contributed by atoms with E-state index in [1.165, 1.54) is 19.3 Å². The largest absolute Gasteiger partial charge is 0.441 e. The van der Waals surface area contributed by atoms with Gasteiger partial charge >= 0.3 is 0 Å². The van der Waals surface area contributed by atoms with Crippen molar-refractivity contribution in [1.29, 1.82) is 0 Å². The number of hydrogen-bond acceptors (Lipinski definition) is 3. The first-order valence-corrected chi connectivity index (χ1v) is 6.95. The number of nitrogens with zero attached hydrogens (tertiary/aromatic N) is 1. The first-order valence-electron chi connectivity index (χ1n) is 6.57. The average molecular weight is 265 g/mol. The van der Waals surface area contributed by atoms with Crippen LogP contribution in [-0.4, -0.2) is 18.1 Å². The zero-order valence-corrected chi connectivity index (χ0v) is 11.0. The second-order valence-electron chi connectivity index (χ2n) is 4.95. The number of benzene rings is 1. The predicted octanol–water partition coefficient (Wildman–Crippen LogP) is 3.41. The highest BCUT2D eigenvalue weighted by Crippen LogP contribution is 2.23. The number of hydrogen-bond donors (Lipinski definition) is 1. The summed E-state index contributed by atoms with van der Waals surface area (Å²) in [6.45, 7) is 2.29. The average Bonchev–Trinajstić information content (AvgIpc) is 2.79. The maximum atomic E-state index is 5.93. The van der Waals surface area contributed by atoms with E-state index < -0.39 is 0 Å². The van der Waals surface area contributed by atoms with Crippen LogP contribution in [0.1, 0.15) is 25.2 Å². The van der Waals surface area contributed by atoms with Gasteiger partial charge in [-0.25, -0.2) is 4.98 Å². The second-order valence-corrected chi connectivity index (χ2v) is 5.39. The van der Waals surface area contributed by atoms with E-state index in [2.05, 4.69) is 10.3 Å². The van der Waals surface area contributed by atoms with Gasteiger partial charge in [-0.2, -0.15) is 0 Å². The van der Waals surface area contributed by atoms with Crippen molar-refractivity contribution >= 4 is 22.7 Å². The quantitative estimate of drug-likeness (QED) is 0.923. The van der Waals surface area contributed by atoms with Crippen LogP contribution in [0, 0.1) is 5.92 Å². The van der Waals surface area contributed by atoms with E-state index in [1.54, 1.807) is 0 Å². The molecule has 2 aromatic rings. The number of aromatic nitrogens is 1. The minimum absolute atomic E-state index is 0.698. The maximum Gasteiger partial charge on any atom is 0.195 e. The third-order valence-corrected chi connectivity index (χ3v) is 3.86. The summed E-state index contributed by atoms with van der Waals surface area (Å²) in [6.07, 6.45) is 4.64. The molecule has 0 spiro atoms. The van der Waals surface area contributed by atoms with E-state index in [0.29, 0.717) is 5.02 Å². The molecule has 1 aliphatic heterocycles. The van der Waals surface area contributed by atoms with Crippen molar-refractivity contribution in [2.75, 3.05) is 13.1 Å². The third kappa shape index (κ3) is 2.68. The molecular weight excluding hydrogens is 248 g/mol. The molecule has 4 heteroatoms. The fourth-order valence-electron chi connectivity index (χ4n) is 2.55. The molecule has 1 fully saturated rings. The fourth-order valence-corrected chi connectivity index (χ4v) is 2.71. The smallest absolute Gasteiger partial charge is 0.195 e. The summed E-state index contributed by atoms with van der Waals surface area (Å²) >= 11 is 5.93. The molecule has 3 nitrogen and oxygen atoms in total. The van der Waals surface area contributed by atoms with Crippen molar-refractivity contribution in [3.05, 3.63) is 29.1 Å². The fraction of sp³-hybridized carbons (Fsp3) is 0.500. The normalized spacial score (nSPS) is 17.4. The van der Waals surface area contributed by atoms with Crippen LogP contribution in [0.15, 0.2) is 22.6 Å². The van der Waals surface area contributed by atoms with Crippen LogP contribution in [0.2, 0.25) is 5.02 Å². The first kappa shape index (κ1) is 12.0. The molecule has 1 N–H and O–H groups in total. The molecule has 0 radical (unpaired) electrons. The van der Waals surface area contributed by atoms with E-state index in [-0.39, 0.29) is 0 Å². The summed E-state index contributed by atoms with van der Waals surface area (Å²) in [7, 11) is 0. The van der Waals surface area contributed by atoms with Gasteiger partial charge < -0.3 is 9.73 Å². The maximum absolute atomic E-state index is 5.93. The van der Waals surface area contributed by atoms with Gasteiger partial charge in [0.05, 0.1) is 0 Å². The Balaban J connectivity index is 1.67. The van der Waals surface area contributed by atoms with Gasteiger partial charge in [0, 0.05) is 17.5 Å². The lowest BCUT2D eigenvalue weighted by molar-refractivity contribution is 0.343. The molecule has 0 atom stereocenters. The minimum atomic E-state index is 0.698. The zero-order valence-electron chi connectivity index (χ0n) is 10.3. The molecule has 1 aromatic carbocycles. The highest BCUT2D eigenvalue weighted by atomic mass is 35.5. The van der Waals surface area contributed by atoms with Gasteiger partial charge in [0.15, 0.2) is 11.5 Å². The molecule has 1 saturated heterocycles. The monoisotopic (exact) mass is 264 g/mol. The molecule has 1 aliphatic rings. The van der Waals surface area contributed by atoms with E-state index in [4.69, 9.17) is 16.0 Å². The Hall–Kier alpha value is -1.06. The Kier molecular flexibility index (Phi) is 3.52. The molecule has 0 saturated carbocycles. The van der Waals surface area contributed by atoms with Crippen molar-refractivity contribution in [1.82, 2.24) is 10.3 Å². The Morgan fingerprint density at radius 3 is 3.00 bits per heavy atom. The van der Waals surface area contributed by atoms with E-state index in [9.17, 15) is 0 Å². The number of fused-ring (bicyclic) bond motifs is 1. The molecule has 96 valence electrons. The van der Waals surface area contributed by atoms with Crippen molar-refractivity contribution in [2.45, 2.75) is 25.7 Å². The Labute approximate surface area is 112 Å². The van der Waals surface area contributed by atoms with Crippen molar-refractivity contribution in [3.8, 4) is 0 Å². The van der Waals surface area contributed by atoms with Crippen LogP contribution in [0.5, 0.6) is 0 Å². The van der Waals surface area contributed by atoms with Crippen LogP contribution in [0.4, 0.5) is 0 Å². The second kappa shape index (κ2) is 5.29. The van der Waals surface area contributed by atoms with Gasteiger partial charge in [0.2, 0.25) is 0 Å². The number of halogens is 1.